The van der Waals surface area contributed by atoms with Crippen LogP contribution in [-0.2, 0) is 10.2 Å². The summed E-state index contributed by atoms with van der Waals surface area (Å²) in [6.07, 6.45) is 0. The second-order valence-electron chi connectivity index (χ2n) is 7.11. The van der Waals surface area contributed by atoms with Gasteiger partial charge >= 0.3 is 5.97 Å². The molecule has 1 aromatic heterocycles. The van der Waals surface area contributed by atoms with Crippen molar-refractivity contribution in [1.29, 1.82) is 5.26 Å². The van der Waals surface area contributed by atoms with E-state index >= 15 is 0 Å². The third-order valence-corrected chi connectivity index (χ3v) is 4.35. The topological polar surface area (TPSA) is 114 Å². The van der Waals surface area contributed by atoms with Crippen LogP contribution in [0.5, 0.6) is 5.88 Å². The van der Waals surface area contributed by atoms with Gasteiger partial charge in [-0.25, -0.2) is 4.79 Å². The minimum absolute atomic E-state index is 0.0361. The predicted octanol–water partition coefficient (Wildman–Crippen LogP) is 2.71. The molecule has 0 spiro atoms. The lowest BCUT2D eigenvalue weighted by Gasteiger charge is -2.27. The van der Waals surface area contributed by atoms with Gasteiger partial charge in [0.15, 0.2) is 0 Å². The van der Waals surface area contributed by atoms with E-state index in [4.69, 9.17) is 15.2 Å². The second kappa shape index (κ2) is 6.23. The fourth-order valence-electron chi connectivity index (χ4n) is 3.08. The Morgan fingerprint density at radius 2 is 2.00 bits per heavy atom. The summed E-state index contributed by atoms with van der Waals surface area (Å²) in [4.78, 5) is 11.7. The molecule has 26 heavy (non-hydrogen) atoms. The van der Waals surface area contributed by atoms with E-state index in [1.807, 2.05) is 20.8 Å². The van der Waals surface area contributed by atoms with Crippen molar-refractivity contribution in [3.8, 4) is 11.9 Å². The molecule has 7 heteroatoms. The van der Waals surface area contributed by atoms with Crippen molar-refractivity contribution in [2.24, 2.45) is 5.73 Å². The Labute approximate surface area is 151 Å². The highest BCUT2D eigenvalue weighted by Gasteiger charge is 2.37. The first-order valence-corrected chi connectivity index (χ1v) is 8.12. The number of nitrogens with zero attached hydrogens (tertiary/aromatic N) is 2. The zero-order chi connectivity index (χ0) is 19.1. The van der Waals surface area contributed by atoms with Crippen LogP contribution < -0.4 is 10.5 Å². The highest BCUT2D eigenvalue weighted by Crippen LogP contribution is 2.45. The predicted molar refractivity (Wildman–Crippen MR) is 94.4 cm³/mol. The average Bonchev–Trinajstić information content (AvgIpc) is 3.03. The van der Waals surface area contributed by atoms with Gasteiger partial charge in [-0.05, 0) is 17.7 Å². The van der Waals surface area contributed by atoms with E-state index in [1.54, 1.807) is 24.3 Å². The number of fused-ring (bicyclic) bond motifs is 1. The van der Waals surface area contributed by atoms with Gasteiger partial charge in [0.2, 0.25) is 11.8 Å². The molecular weight excluding hydrogens is 332 g/mol. The number of esters is 1. The number of H-pyrrole nitrogens is 1. The van der Waals surface area contributed by atoms with Crippen LogP contribution in [0.15, 0.2) is 35.7 Å². The van der Waals surface area contributed by atoms with Crippen molar-refractivity contribution >= 4 is 5.97 Å². The van der Waals surface area contributed by atoms with Crippen LogP contribution in [0, 0.1) is 11.3 Å². The number of benzene rings is 1. The molecule has 1 aliphatic heterocycles. The summed E-state index contributed by atoms with van der Waals surface area (Å²) in [5.41, 5.74) is 8.94. The molecule has 0 aliphatic carbocycles. The Kier molecular flexibility index (Phi) is 4.20. The Hall–Kier alpha value is -3.27. The van der Waals surface area contributed by atoms with Gasteiger partial charge < -0.3 is 15.2 Å². The number of aromatic amines is 1. The van der Waals surface area contributed by atoms with Crippen molar-refractivity contribution < 1.29 is 14.3 Å². The lowest BCUT2D eigenvalue weighted by Crippen LogP contribution is -2.24. The molecule has 0 amide bonds. The van der Waals surface area contributed by atoms with E-state index in [1.165, 1.54) is 7.11 Å². The fraction of sp³-hybridized carbons (Fsp3) is 0.316. The third kappa shape index (κ3) is 2.80. The van der Waals surface area contributed by atoms with Gasteiger partial charge in [-0.15, -0.1) is 5.10 Å². The van der Waals surface area contributed by atoms with E-state index in [0.717, 1.165) is 16.8 Å². The van der Waals surface area contributed by atoms with Crippen molar-refractivity contribution in [1.82, 2.24) is 10.2 Å². The molecule has 7 nitrogen and oxygen atoms in total. The van der Waals surface area contributed by atoms with Gasteiger partial charge in [0.25, 0.3) is 0 Å². The number of carbonyl (C=O) groups excluding carboxylic acids is 1. The van der Waals surface area contributed by atoms with Crippen molar-refractivity contribution in [2.45, 2.75) is 32.1 Å². The number of nitrogens with two attached hydrogens (primary N) is 1. The molecule has 0 radical (unpaired) electrons. The number of methoxy groups -OCH3 is 1. The molecule has 1 aromatic carbocycles. The molecule has 1 atom stereocenters. The first kappa shape index (κ1) is 17.5. The number of allylic oxidation sites excluding steroid dienone is 1. The van der Waals surface area contributed by atoms with E-state index in [0.29, 0.717) is 17.0 Å². The third-order valence-electron chi connectivity index (χ3n) is 4.35. The molecule has 2 aromatic rings. The summed E-state index contributed by atoms with van der Waals surface area (Å²) in [5, 5.41) is 16.9. The van der Waals surface area contributed by atoms with Crippen LogP contribution in [0.1, 0.15) is 53.9 Å². The molecule has 2 heterocycles. The van der Waals surface area contributed by atoms with Crippen LogP contribution in [0.25, 0.3) is 0 Å². The number of aromatic nitrogens is 2. The number of nitriles is 1. The van der Waals surface area contributed by atoms with E-state index < -0.39 is 11.9 Å². The number of ether oxygens (including phenoxy) is 2. The Morgan fingerprint density at radius 3 is 2.54 bits per heavy atom. The Balaban J connectivity index is 2.18. The zero-order valence-corrected chi connectivity index (χ0v) is 15.1. The van der Waals surface area contributed by atoms with Gasteiger partial charge in [-0.3, -0.25) is 5.10 Å². The maximum Gasteiger partial charge on any atom is 0.337 e. The first-order chi connectivity index (χ1) is 12.3. The van der Waals surface area contributed by atoms with Gasteiger partial charge in [-0.2, -0.15) is 5.26 Å². The molecule has 0 saturated heterocycles. The summed E-state index contributed by atoms with van der Waals surface area (Å²) >= 11 is 0. The lowest BCUT2D eigenvalue weighted by atomic mass is 9.78. The molecule has 0 bridgehead atoms. The summed E-state index contributed by atoms with van der Waals surface area (Å²) in [6, 6.07) is 9.06. The van der Waals surface area contributed by atoms with Crippen molar-refractivity contribution in [2.75, 3.05) is 7.11 Å². The number of rotatable bonds is 2. The number of nitrogens with one attached hydrogen (secondary N) is 1. The molecule has 3 N–H and O–H groups in total. The highest BCUT2D eigenvalue weighted by molar-refractivity contribution is 5.89. The van der Waals surface area contributed by atoms with Gasteiger partial charge in [0.1, 0.15) is 11.6 Å². The monoisotopic (exact) mass is 352 g/mol. The van der Waals surface area contributed by atoms with Crippen molar-refractivity contribution in [3.05, 3.63) is 58.1 Å². The van der Waals surface area contributed by atoms with Gasteiger partial charge in [0, 0.05) is 11.1 Å². The maximum absolute atomic E-state index is 11.7. The number of carbonyl (C=O) groups is 1. The largest absolute Gasteiger partial charge is 0.465 e. The van der Waals surface area contributed by atoms with Gasteiger partial charge in [-0.1, -0.05) is 32.9 Å². The normalized spacial score (nSPS) is 16.5. The fourth-order valence-corrected chi connectivity index (χ4v) is 3.08. The summed E-state index contributed by atoms with van der Waals surface area (Å²) in [5.74, 6) is -0.440. The second-order valence-corrected chi connectivity index (χ2v) is 7.11. The molecule has 1 aliphatic rings. The van der Waals surface area contributed by atoms with Crippen LogP contribution in [-0.4, -0.2) is 23.3 Å². The molecule has 134 valence electrons. The summed E-state index contributed by atoms with van der Waals surface area (Å²) in [7, 11) is 1.33. The SMILES string of the molecule is COC(=O)c1ccc(C2C(C#N)=C(N)Oc3n[nH]c(C(C)(C)C)c32)cc1. The highest BCUT2D eigenvalue weighted by atomic mass is 16.5. The molecule has 0 fully saturated rings. The number of hydrogen-bond donors (Lipinski definition) is 2. The molecule has 3 rings (SSSR count). The minimum Gasteiger partial charge on any atom is -0.465 e. The van der Waals surface area contributed by atoms with E-state index in [-0.39, 0.29) is 11.3 Å². The lowest BCUT2D eigenvalue weighted by molar-refractivity contribution is 0.0600. The average molecular weight is 352 g/mol. The van der Waals surface area contributed by atoms with Gasteiger partial charge in [0.05, 0.1) is 24.2 Å². The van der Waals surface area contributed by atoms with Crippen LogP contribution in [0.2, 0.25) is 0 Å². The zero-order valence-electron chi connectivity index (χ0n) is 15.1. The molecule has 1 unspecified atom stereocenters. The van der Waals surface area contributed by atoms with Crippen molar-refractivity contribution in [3.63, 3.8) is 0 Å². The first-order valence-electron chi connectivity index (χ1n) is 8.12. The van der Waals surface area contributed by atoms with E-state index in [9.17, 15) is 10.1 Å². The molecular formula is C19H20N4O3. The minimum atomic E-state index is -0.427. The summed E-state index contributed by atoms with van der Waals surface area (Å²) in [6.45, 7) is 6.14. The Bertz CT molecular complexity index is 927. The number of hydrogen-bond acceptors (Lipinski definition) is 6. The maximum atomic E-state index is 11.7. The standard InChI is InChI=1S/C19H20N4O3/c1-19(2,3)15-14-13(10-5-7-11(8-6-10)18(24)25-4)12(9-20)16(21)26-17(14)23-22-15/h5-8,13H,21H2,1-4H3,(H,22,23). The van der Waals surface area contributed by atoms with Crippen LogP contribution in [0.4, 0.5) is 0 Å². The van der Waals surface area contributed by atoms with Crippen LogP contribution in [0.3, 0.4) is 0 Å². The smallest absolute Gasteiger partial charge is 0.337 e. The molecule has 0 saturated carbocycles. The van der Waals surface area contributed by atoms with E-state index in [2.05, 4.69) is 16.3 Å². The summed E-state index contributed by atoms with van der Waals surface area (Å²) < 4.78 is 10.3. The Morgan fingerprint density at radius 1 is 1.35 bits per heavy atom. The quantitative estimate of drug-likeness (QED) is 0.803. The van der Waals surface area contributed by atoms with Crippen LogP contribution >= 0.6 is 0 Å².